The molecular formula is C22H23N5O4. The van der Waals surface area contributed by atoms with Crippen molar-refractivity contribution in [2.45, 2.75) is 18.4 Å². The van der Waals surface area contributed by atoms with Gasteiger partial charge in [-0.25, -0.2) is 4.79 Å². The first-order chi connectivity index (χ1) is 14.9. The minimum absolute atomic E-state index is 0.204. The maximum atomic E-state index is 12.3. The minimum Gasteiger partial charge on any atom is -0.408 e. The predicted octanol–water partition coefficient (Wildman–Crippen LogP) is 1.11. The summed E-state index contributed by atoms with van der Waals surface area (Å²) in [5.74, 6) is -1.81. The highest BCUT2D eigenvalue weighted by Gasteiger charge is 2.46. The Kier molecular flexibility index (Phi) is 5.59. The number of amides is 1. The zero-order valence-corrected chi connectivity index (χ0v) is 17.1. The van der Waals surface area contributed by atoms with Gasteiger partial charge in [0.1, 0.15) is 0 Å². The lowest BCUT2D eigenvalue weighted by Crippen LogP contribution is -2.57. The number of carbonyl (C=O) groups is 1. The van der Waals surface area contributed by atoms with Gasteiger partial charge in [-0.15, -0.1) is 0 Å². The molecule has 160 valence electrons. The van der Waals surface area contributed by atoms with Crippen LogP contribution in [0.3, 0.4) is 0 Å². The number of hydrogen-bond donors (Lipinski definition) is 2. The van der Waals surface area contributed by atoms with Crippen molar-refractivity contribution in [3.05, 3.63) is 52.6 Å². The highest BCUT2D eigenvalue weighted by atomic mass is 16.5. The summed E-state index contributed by atoms with van der Waals surface area (Å²) in [4.78, 5) is 28.5. The van der Waals surface area contributed by atoms with Gasteiger partial charge in [-0.1, -0.05) is 6.07 Å². The largest absolute Gasteiger partial charge is 0.419 e. The van der Waals surface area contributed by atoms with Gasteiger partial charge >= 0.3 is 5.76 Å². The molecular weight excluding hydrogens is 398 g/mol. The standard InChI is InChI=1S/C22H23N5O4/c1-27-18-10-15(4-6-19(18)31-21(27)29)17-5-3-14(12-26-17)9-16(11-23)22(20(24)28)13-25-7-2-8-30-22/h3-6,10,12,16,25H,2,7-9,13H2,1H3,(H2,24,28)/t16-,22?/m0/s1. The lowest BCUT2D eigenvalue weighted by atomic mass is 9.83. The van der Waals surface area contributed by atoms with Crippen molar-refractivity contribution in [1.82, 2.24) is 14.9 Å². The molecule has 2 atom stereocenters. The molecule has 3 N–H and O–H groups in total. The van der Waals surface area contributed by atoms with E-state index in [1.807, 2.05) is 24.3 Å². The van der Waals surface area contributed by atoms with Crippen LogP contribution in [0.1, 0.15) is 12.0 Å². The number of primary amides is 1. The molecule has 1 aromatic carbocycles. The van der Waals surface area contributed by atoms with Crippen LogP contribution < -0.4 is 16.8 Å². The van der Waals surface area contributed by atoms with Gasteiger partial charge in [0, 0.05) is 32.0 Å². The number of ether oxygens (including phenoxy) is 1. The highest BCUT2D eigenvalue weighted by Crippen LogP contribution is 2.28. The molecule has 4 rings (SSSR count). The van der Waals surface area contributed by atoms with Crippen LogP contribution in [-0.2, 0) is 23.0 Å². The van der Waals surface area contributed by atoms with Gasteiger partial charge in [0.2, 0.25) is 0 Å². The molecule has 3 aromatic rings. The van der Waals surface area contributed by atoms with E-state index in [-0.39, 0.29) is 13.0 Å². The SMILES string of the molecule is Cn1c(=O)oc2ccc(-c3ccc(C[C@@H](C#N)C4(C(N)=O)CNCCCO4)cn3)cc21. The van der Waals surface area contributed by atoms with E-state index in [1.54, 1.807) is 19.3 Å². The van der Waals surface area contributed by atoms with Gasteiger partial charge in [0.05, 0.1) is 23.2 Å². The van der Waals surface area contributed by atoms with Crippen LogP contribution in [0.25, 0.3) is 22.4 Å². The molecule has 1 saturated heterocycles. The summed E-state index contributed by atoms with van der Waals surface area (Å²) in [6, 6.07) is 11.3. The van der Waals surface area contributed by atoms with Crippen LogP contribution in [0.15, 0.2) is 45.7 Å². The van der Waals surface area contributed by atoms with Crippen LogP contribution in [0.5, 0.6) is 0 Å². The van der Waals surface area contributed by atoms with E-state index >= 15 is 0 Å². The summed E-state index contributed by atoms with van der Waals surface area (Å²) in [7, 11) is 1.65. The lowest BCUT2D eigenvalue weighted by Gasteiger charge is -2.33. The van der Waals surface area contributed by atoms with Crippen LogP contribution in [-0.4, -0.2) is 40.8 Å². The molecule has 0 radical (unpaired) electrons. The number of aryl methyl sites for hydroxylation is 1. The van der Waals surface area contributed by atoms with Gasteiger partial charge in [-0.05, 0) is 49.2 Å². The summed E-state index contributed by atoms with van der Waals surface area (Å²) in [5.41, 5.74) is 7.81. The Balaban J connectivity index is 1.59. The molecule has 0 saturated carbocycles. The van der Waals surface area contributed by atoms with Crippen LogP contribution in [0, 0.1) is 17.2 Å². The van der Waals surface area contributed by atoms with Gasteiger partial charge < -0.3 is 20.2 Å². The van der Waals surface area contributed by atoms with E-state index in [4.69, 9.17) is 14.9 Å². The van der Waals surface area contributed by atoms with E-state index < -0.39 is 23.2 Å². The summed E-state index contributed by atoms with van der Waals surface area (Å²) < 4.78 is 12.4. The molecule has 0 aliphatic carbocycles. The number of carbonyl (C=O) groups excluding carboxylic acids is 1. The quantitative estimate of drug-likeness (QED) is 0.630. The zero-order valence-electron chi connectivity index (χ0n) is 17.1. The van der Waals surface area contributed by atoms with Crippen molar-refractivity contribution < 1.29 is 13.9 Å². The Hall–Kier alpha value is -3.48. The van der Waals surface area contributed by atoms with Crippen molar-refractivity contribution in [3.8, 4) is 17.3 Å². The van der Waals surface area contributed by atoms with E-state index in [0.29, 0.717) is 29.9 Å². The predicted molar refractivity (Wildman–Crippen MR) is 113 cm³/mol. The van der Waals surface area contributed by atoms with Gasteiger partial charge in [-0.2, -0.15) is 5.26 Å². The summed E-state index contributed by atoms with van der Waals surface area (Å²) in [5, 5.41) is 12.9. The molecule has 9 heteroatoms. The average Bonchev–Trinajstić information content (AvgIpc) is 2.95. The van der Waals surface area contributed by atoms with Crippen LogP contribution >= 0.6 is 0 Å². The maximum absolute atomic E-state index is 12.3. The molecule has 2 aromatic heterocycles. The number of benzene rings is 1. The Bertz CT molecular complexity index is 1200. The second-order valence-corrected chi connectivity index (χ2v) is 7.68. The number of oxazole rings is 1. The third-order valence-electron chi connectivity index (χ3n) is 5.73. The molecule has 1 amide bonds. The second kappa shape index (κ2) is 8.34. The number of rotatable bonds is 5. The fraction of sp³-hybridized carbons (Fsp3) is 0.364. The third kappa shape index (κ3) is 3.83. The molecule has 1 aliphatic heterocycles. The third-order valence-corrected chi connectivity index (χ3v) is 5.73. The number of fused-ring (bicyclic) bond motifs is 1. The minimum atomic E-state index is -1.37. The van der Waals surface area contributed by atoms with Gasteiger partial charge in [0.15, 0.2) is 11.2 Å². The Labute approximate surface area is 178 Å². The fourth-order valence-corrected chi connectivity index (χ4v) is 3.88. The van der Waals surface area contributed by atoms with Crippen molar-refractivity contribution in [1.29, 1.82) is 5.26 Å². The number of nitriles is 1. The number of nitrogens with zero attached hydrogens (tertiary/aromatic N) is 3. The number of nitrogens with two attached hydrogens (primary N) is 1. The van der Waals surface area contributed by atoms with Crippen molar-refractivity contribution >= 4 is 17.0 Å². The number of aromatic nitrogens is 2. The molecule has 1 fully saturated rings. The summed E-state index contributed by atoms with van der Waals surface area (Å²) >= 11 is 0. The Morgan fingerprint density at radius 2 is 2.26 bits per heavy atom. The first-order valence-corrected chi connectivity index (χ1v) is 10.0. The fourth-order valence-electron chi connectivity index (χ4n) is 3.88. The first-order valence-electron chi connectivity index (χ1n) is 10.0. The normalized spacial score (nSPS) is 20.1. The van der Waals surface area contributed by atoms with Gasteiger partial charge in [0.25, 0.3) is 5.91 Å². The topological polar surface area (TPSA) is 136 Å². The maximum Gasteiger partial charge on any atom is 0.419 e. The van der Waals surface area contributed by atoms with E-state index in [9.17, 15) is 14.9 Å². The lowest BCUT2D eigenvalue weighted by molar-refractivity contribution is -0.147. The first kappa shape index (κ1) is 20.8. The highest BCUT2D eigenvalue weighted by molar-refractivity contribution is 5.85. The molecule has 0 spiro atoms. The number of pyridine rings is 1. The van der Waals surface area contributed by atoms with Gasteiger partial charge in [-0.3, -0.25) is 14.3 Å². The summed E-state index contributed by atoms with van der Waals surface area (Å²) in [6.45, 7) is 1.27. The molecule has 3 heterocycles. The van der Waals surface area contributed by atoms with Crippen molar-refractivity contribution in [3.63, 3.8) is 0 Å². The second-order valence-electron chi connectivity index (χ2n) is 7.68. The summed E-state index contributed by atoms with van der Waals surface area (Å²) in [6.07, 6.45) is 2.71. The number of hydrogen-bond acceptors (Lipinski definition) is 7. The monoisotopic (exact) mass is 421 g/mol. The van der Waals surface area contributed by atoms with E-state index in [1.165, 1.54) is 4.57 Å². The molecule has 1 aliphatic rings. The Morgan fingerprint density at radius 3 is 2.97 bits per heavy atom. The molecule has 1 unspecified atom stereocenters. The van der Waals surface area contributed by atoms with E-state index in [2.05, 4.69) is 16.4 Å². The van der Waals surface area contributed by atoms with E-state index in [0.717, 1.165) is 17.5 Å². The molecule has 9 nitrogen and oxygen atoms in total. The number of nitrogens with one attached hydrogen (secondary N) is 1. The van der Waals surface area contributed by atoms with Crippen molar-refractivity contribution in [2.75, 3.05) is 19.7 Å². The molecule has 31 heavy (non-hydrogen) atoms. The van der Waals surface area contributed by atoms with Crippen molar-refractivity contribution in [2.24, 2.45) is 18.7 Å². The van der Waals surface area contributed by atoms with Crippen LogP contribution in [0.4, 0.5) is 0 Å². The van der Waals surface area contributed by atoms with Crippen LogP contribution in [0.2, 0.25) is 0 Å². The average molecular weight is 421 g/mol. The zero-order chi connectivity index (χ0) is 22.0. The molecule has 0 bridgehead atoms. The smallest absolute Gasteiger partial charge is 0.408 e. The Morgan fingerprint density at radius 1 is 1.42 bits per heavy atom.